The molecule has 0 rings (SSSR count). The molecular formula is C73H124O6. The smallest absolute Gasteiger partial charge is 0.306 e. The van der Waals surface area contributed by atoms with E-state index in [9.17, 15) is 14.4 Å². The largest absolute Gasteiger partial charge is 0.462 e. The van der Waals surface area contributed by atoms with E-state index in [1.807, 2.05) is 0 Å². The minimum Gasteiger partial charge on any atom is -0.462 e. The maximum absolute atomic E-state index is 12.9. The van der Waals surface area contributed by atoms with Gasteiger partial charge in [-0.25, -0.2) is 0 Å². The molecule has 79 heavy (non-hydrogen) atoms. The van der Waals surface area contributed by atoms with Gasteiger partial charge in [-0.2, -0.15) is 0 Å². The summed E-state index contributed by atoms with van der Waals surface area (Å²) in [6.07, 6.45) is 91.1. The predicted molar refractivity (Wildman–Crippen MR) is 343 cm³/mol. The van der Waals surface area contributed by atoms with E-state index >= 15 is 0 Å². The zero-order valence-corrected chi connectivity index (χ0v) is 51.9. The minimum atomic E-state index is -0.786. The first kappa shape index (κ1) is 75.1. The molecule has 0 amide bonds. The van der Waals surface area contributed by atoms with Crippen LogP contribution in [0.3, 0.4) is 0 Å². The highest BCUT2D eigenvalue weighted by Crippen LogP contribution is 2.16. The molecule has 0 aromatic rings. The lowest BCUT2D eigenvalue weighted by molar-refractivity contribution is -0.167. The fraction of sp³-hybridized carbons (Fsp3) is 0.712. The zero-order chi connectivity index (χ0) is 57.1. The van der Waals surface area contributed by atoms with Gasteiger partial charge in [-0.1, -0.05) is 284 Å². The van der Waals surface area contributed by atoms with Crippen molar-refractivity contribution in [2.75, 3.05) is 13.2 Å². The first-order chi connectivity index (χ1) is 39.0. The summed E-state index contributed by atoms with van der Waals surface area (Å²) in [7, 11) is 0. The second-order valence-electron chi connectivity index (χ2n) is 22.0. The van der Waals surface area contributed by atoms with Gasteiger partial charge in [0.25, 0.3) is 0 Å². The third-order valence-electron chi connectivity index (χ3n) is 14.2. The van der Waals surface area contributed by atoms with Crippen LogP contribution in [0.15, 0.2) is 109 Å². The molecule has 0 aromatic carbocycles. The molecule has 1 unspecified atom stereocenters. The average Bonchev–Trinajstić information content (AvgIpc) is 3.45. The Labute approximate surface area is 489 Å². The standard InChI is InChI=1S/C73H124O6/c1-4-7-10-13-16-19-22-24-26-28-29-30-31-32-33-34-35-36-37-38-39-40-41-42-43-45-46-48-51-54-57-60-63-66-72(75)78-69-70(68-77-71(74)65-62-59-56-53-50-21-18-15-12-9-6-3)79-73(76)67-64-61-58-55-52-49-47-44-27-25-23-20-17-14-11-8-5-2/h7,10,15-20,24-27,29-30,32-33,35-36,70H,4-6,8-9,11-14,21-23,28,31,34,37-69H2,1-3H3/b10-7-,18-15-,19-16-,20-17-,26-24-,27-25-,30-29-,33-32-,36-35-. The molecule has 0 fully saturated rings. The monoisotopic (exact) mass is 1100 g/mol. The summed E-state index contributed by atoms with van der Waals surface area (Å²) in [5, 5.41) is 0. The van der Waals surface area contributed by atoms with E-state index in [0.717, 1.165) is 116 Å². The van der Waals surface area contributed by atoms with Gasteiger partial charge >= 0.3 is 17.9 Å². The number of allylic oxidation sites excluding steroid dienone is 18. The topological polar surface area (TPSA) is 78.9 Å². The van der Waals surface area contributed by atoms with E-state index in [1.165, 1.54) is 161 Å². The Hall–Kier alpha value is -3.93. The minimum absolute atomic E-state index is 0.0826. The predicted octanol–water partition coefficient (Wildman–Crippen LogP) is 23.0. The van der Waals surface area contributed by atoms with Gasteiger partial charge in [0.15, 0.2) is 6.10 Å². The van der Waals surface area contributed by atoms with E-state index < -0.39 is 6.10 Å². The fourth-order valence-corrected chi connectivity index (χ4v) is 9.22. The van der Waals surface area contributed by atoms with Gasteiger partial charge < -0.3 is 14.2 Å². The number of carbonyl (C=O) groups is 3. The number of rotatable bonds is 60. The number of carbonyl (C=O) groups excluding carboxylic acids is 3. The molecule has 6 nitrogen and oxygen atoms in total. The van der Waals surface area contributed by atoms with Crippen LogP contribution in [0.2, 0.25) is 0 Å². The summed E-state index contributed by atoms with van der Waals surface area (Å²) >= 11 is 0. The Balaban J connectivity index is 4.17. The molecule has 0 saturated heterocycles. The van der Waals surface area contributed by atoms with Crippen molar-refractivity contribution < 1.29 is 28.6 Å². The molecule has 0 aliphatic heterocycles. The Morgan fingerprint density at radius 3 is 0.823 bits per heavy atom. The SMILES string of the molecule is CC/C=C\C/C=C\C/C=C\C/C=C\C/C=C\C/C=C\CCCCCCCCCCCCCCCCC(=O)OCC(COC(=O)CCCCCCC/C=C\CCCC)OC(=O)CCCCCCCCC/C=C\C/C=C\CCCCC. The van der Waals surface area contributed by atoms with Gasteiger partial charge in [-0.05, 0) is 122 Å². The van der Waals surface area contributed by atoms with Crippen molar-refractivity contribution in [3.8, 4) is 0 Å². The number of ether oxygens (including phenoxy) is 3. The quantitative estimate of drug-likeness (QED) is 0.0261. The molecule has 6 heteroatoms. The van der Waals surface area contributed by atoms with Crippen molar-refractivity contribution in [2.24, 2.45) is 0 Å². The van der Waals surface area contributed by atoms with E-state index in [0.29, 0.717) is 19.3 Å². The van der Waals surface area contributed by atoms with Gasteiger partial charge in [-0.3, -0.25) is 14.4 Å². The van der Waals surface area contributed by atoms with Crippen LogP contribution in [-0.4, -0.2) is 37.2 Å². The summed E-state index contributed by atoms with van der Waals surface area (Å²) in [6, 6.07) is 0. The molecule has 452 valence electrons. The van der Waals surface area contributed by atoms with E-state index in [-0.39, 0.29) is 31.1 Å². The molecule has 0 aromatic heterocycles. The third-order valence-corrected chi connectivity index (χ3v) is 14.2. The van der Waals surface area contributed by atoms with Crippen LogP contribution in [0, 0.1) is 0 Å². The van der Waals surface area contributed by atoms with Gasteiger partial charge in [0.2, 0.25) is 0 Å². The molecule has 0 heterocycles. The summed E-state index contributed by atoms with van der Waals surface area (Å²) in [4.78, 5) is 38.3. The maximum Gasteiger partial charge on any atom is 0.306 e. The van der Waals surface area contributed by atoms with Crippen molar-refractivity contribution in [1.29, 1.82) is 0 Å². The summed E-state index contributed by atoms with van der Waals surface area (Å²) in [6.45, 7) is 6.47. The van der Waals surface area contributed by atoms with E-state index in [4.69, 9.17) is 14.2 Å². The molecule has 0 N–H and O–H groups in total. The number of hydrogen-bond acceptors (Lipinski definition) is 6. The maximum atomic E-state index is 12.9. The molecule has 0 aliphatic carbocycles. The van der Waals surface area contributed by atoms with E-state index in [1.54, 1.807) is 0 Å². The number of esters is 3. The Bertz CT molecular complexity index is 1590. The molecule has 0 aliphatic rings. The van der Waals surface area contributed by atoms with Crippen LogP contribution in [0.4, 0.5) is 0 Å². The molecule has 0 saturated carbocycles. The highest BCUT2D eigenvalue weighted by molar-refractivity contribution is 5.71. The number of hydrogen-bond donors (Lipinski definition) is 0. The van der Waals surface area contributed by atoms with Crippen molar-refractivity contribution in [2.45, 2.75) is 322 Å². The Kier molecular flexibility index (Phi) is 63.3. The van der Waals surface area contributed by atoms with Crippen molar-refractivity contribution >= 4 is 17.9 Å². The number of unbranched alkanes of at least 4 members (excludes halogenated alkanes) is 31. The van der Waals surface area contributed by atoms with Crippen LogP contribution in [0.1, 0.15) is 316 Å². The van der Waals surface area contributed by atoms with Gasteiger partial charge in [0, 0.05) is 19.3 Å². The average molecular weight is 1100 g/mol. The van der Waals surface area contributed by atoms with Crippen LogP contribution >= 0.6 is 0 Å². The zero-order valence-electron chi connectivity index (χ0n) is 51.9. The highest BCUT2D eigenvalue weighted by atomic mass is 16.6. The van der Waals surface area contributed by atoms with Crippen LogP contribution < -0.4 is 0 Å². The van der Waals surface area contributed by atoms with E-state index in [2.05, 4.69) is 130 Å². The lowest BCUT2D eigenvalue weighted by atomic mass is 10.0. The molecule has 0 radical (unpaired) electrons. The lowest BCUT2D eigenvalue weighted by Crippen LogP contribution is -2.30. The molecule has 0 spiro atoms. The van der Waals surface area contributed by atoms with Crippen LogP contribution in [0.5, 0.6) is 0 Å². The Morgan fingerprint density at radius 2 is 0.506 bits per heavy atom. The first-order valence-electron chi connectivity index (χ1n) is 33.4. The van der Waals surface area contributed by atoms with Crippen molar-refractivity contribution in [1.82, 2.24) is 0 Å². The lowest BCUT2D eigenvalue weighted by Gasteiger charge is -2.18. The van der Waals surface area contributed by atoms with Crippen LogP contribution in [0.25, 0.3) is 0 Å². The summed E-state index contributed by atoms with van der Waals surface area (Å²) in [5.74, 6) is -0.892. The van der Waals surface area contributed by atoms with Gasteiger partial charge in [0.1, 0.15) is 13.2 Å². The summed E-state index contributed by atoms with van der Waals surface area (Å²) < 4.78 is 16.9. The second-order valence-corrected chi connectivity index (χ2v) is 22.0. The fourth-order valence-electron chi connectivity index (χ4n) is 9.22. The Morgan fingerprint density at radius 1 is 0.266 bits per heavy atom. The van der Waals surface area contributed by atoms with Crippen molar-refractivity contribution in [3.63, 3.8) is 0 Å². The molecule has 1 atom stereocenters. The third kappa shape index (κ3) is 64.8. The molecule has 0 bridgehead atoms. The molecular weight excluding hydrogens is 973 g/mol. The van der Waals surface area contributed by atoms with Gasteiger partial charge in [0.05, 0.1) is 0 Å². The van der Waals surface area contributed by atoms with Crippen LogP contribution in [-0.2, 0) is 28.6 Å². The first-order valence-corrected chi connectivity index (χ1v) is 33.4. The normalized spacial score (nSPS) is 12.8. The summed E-state index contributed by atoms with van der Waals surface area (Å²) in [5.41, 5.74) is 0. The second kappa shape index (κ2) is 66.6. The van der Waals surface area contributed by atoms with Crippen molar-refractivity contribution in [3.05, 3.63) is 109 Å². The highest BCUT2D eigenvalue weighted by Gasteiger charge is 2.19. The van der Waals surface area contributed by atoms with Gasteiger partial charge in [-0.15, -0.1) is 0 Å².